The van der Waals surface area contributed by atoms with E-state index < -0.39 is 0 Å². The lowest BCUT2D eigenvalue weighted by atomic mass is 10.2. The highest BCUT2D eigenvalue weighted by molar-refractivity contribution is 5.50. The molecule has 2 rings (SSSR count). The number of aromatic nitrogens is 1. The van der Waals surface area contributed by atoms with Gasteiger partial charge in [-0.3, -0.25) is 4.98 Å². The number of rotatable bonds is 3. The third-order valence-electron chi connectivity index (χ3n) is 2.41. The zero-order valence-corrected chi connectivity index (χ0v) is 9.27. The number of nitrogens with zero attached hydrogens (tertiary/aromatic N) is 1. The van der Waals surface area contributed by atoms with E-state index in [1.54, 1.807) is 0 Å². The summed E-state index contributed by atoms with van der Waals surface area (Å²) in [6.45, 7) is 2.74. The van der Waals surface area contributed by atoms with Gasteiger partial charge in [-0.1, -0.05) is 18.2 Å². The Bertz CT molecular complexity index is 480. The quantitative estimate of drug-likeness (QED) is 0.770. The molecule has 3 nitrogen and oxygen atoms in total. The fraction of sp³-hybridized carbons (Fsp3) is 0.154. The van der Waals surface area contributed by atoms with Crippen LogP contribution < -0.4 is 11.1 Å². The zero-order chi connectivity index (χ0) is 11.4. The molecule has 0 saturated carbocycles. The Balaban J connectivity index is 2.05. The molecule has 0 fully saturated rings. The minimum Gasteiger partial charge on any atom is -0.398 e. The number of nitrogen functional groups attached to an aromatic ring is 1. The standard InChI is InChI=1S/C13H15N3/c1-10-6-12(9-15-7-10)16-8-11-4-2-3-5-13(11)14/h2-7,9,16H,8,14H2,1H3. The number of hydrogen-bond acceptors (Lipinski definition) is 3. The van der Waals surface area contributed by atoms with Crippen LogP contribution in [0.25, 0.3) is 0 Å². The van der Waals surface area contributed by atoms with Crippen molar-refractivity contribution in [3.63, 3.8) is 0 Å². The summed E-state index contributed by atoms with van der Waals surface area (Å²) in [5.41, 5.74) is 9.94. The van der Waals surface area contributed by atoms with E-state index >= 15 is 0 Å². The molecule has 1 heterocycles. The number of nitrogens with one attached hydrogen (secondary N) is 1. The van der Waals surface area contributed by atoms with Crippen LogP contribution in [0.1, 0.15) is 11.1 Å². The Morgan fingerprint density at radius 1 is 1.25 bits per heavy atom. The van der Waals surface area contributed by atoms with Crippen molar-refractivity contribution >= 4 is 11.4 Å². The summed E-state index contributed by atoms with van der Waals surface area (Å²) in [4.78, 5) is 4.13. The number of para-hydroxylation sites is 1. The molecule has 1 aromatic heterocycles. The first-order chi connectivity index (χ1) is 7.75. The molecule has 3 N–H and O–H groups in total. The van der Waals surface area contributed by atoms with Crippen molar-refractivity contribution in [1.29, 1.82) is 0 Å². The van der Waals surface area contributed by atoms with Crippen molar-refractivity contribution in [3.8, 4) is 0 Å². The average molecular weight is 213 g/mol. The fourth-order valence-electron chi connectivity index (χ4n) is 1.54. The van der Waals surface area contributed by atoms with Crippen molar-refractivity contribution in [1.82, 2.24) is 4.98 Å². The summed E-state index contributed by atoms with van der Waals surface area (Å²) in [6.07, 6.45) is 3.65. The topological polar surface area (TPSA) is 50.9 Å². The Morgan fingerprint density at radius 3 is 2.81 bits per heavy atom. The van der Waals surface area contributed by atoms with E-state index in [0.717, 1.165) is 29.0 Å². The van der Waals surface area contributed by atoms with Crippen molar-refractivity contribution in [2.75, 3.05) is 11.1 Å². The smallest absolute Gasteiger partial charge is 0.0532 e. The van der Waals surface area contributed by atoms with Crippen molar-refractivity contribution in [3.05, 3.63) is 53.9 Å². The first kappa shape index (κ1) is 10.5. The normalized spacial score (nSPS) is 10.1. The second-order valence-electron chi connectivity index (χ2n) is 3.80. The number of aryl methyl sites for hydroxylation is 1. The van der Waals surface area contributed by atoms with E-state index in [0.29, 0.717) is 0 Å². The van der Waals surface area contributed by atoms with Gasteiger partial charge in [0.2, 0.25) is 0 Å². The Kier molecular flexibility index (Phi) is 3.05. The van der Waals surface area contributed by atoms with Crippen LogP contribution in [-0.2, 0) is 6.54 Å². The molecule has 82 valence electrons. The molecule has 2 aromatic rings. The van der Waals surface area contributed by atoms with Gasteiger partial charge in [0.05, 0.1) is 5.69 Å². The van der Waals surface area contributed by atoms with Gasteiger partial charge in [-0.2, -0.15) is 0 Å². The zero-order valence-electron chi connectivity index (χ0n) is 9.27. The lowest BCUT2D eigenvalue weighted by molar-refractivity contribution is 1.13. The molecular weight excluding hydrogens is 198 g/mol. The molecule has 0 aliphatic heterocycles. The van der Waals surface area contributed by atoms with Crippen LogP contribution in [0.2, 0.25) is 0 Å². The third-order valence-corrected chi connectivity index (χ3v) is 2.41. The Morgan fingerprint density at radius 2 is 2.06 bits per heavy atom. The number of hydrogen-bond donors (Lipinski definition) is 2. The summed E-state index contributed by atoms with van der Waals surface area (Å²) in [5.74, 6) is 0. The van der Waals surface area contributed by atoms with Crippen LogP contribution in [0.5, 0.6) is 0 Å². The molecule has 3 heteroatoms. The third kappa shape index (κ3) is 2.51. The van der Waals surface area contributed by atoms with Gasteiger partial charge < -0.3 is 11.1 Å². The number of pyridine rings is 1. The van der Waals surface area contributed by atoms with E-state index in [9.17, 15) is 0 Å². The first-order valence-electron chi connectivity index (χ1n) is 5.24. The lowest BCUT2D eigenvalue weighted by Crippen LogP contribution is -2.03. The summed E-state index contributed by atoms with van der Waals surface area (Å²) in [5, 5.41) is 3.30. The van der Waals surface area contributed by atoms with Crippen molar-refractivity contribution in [2.45, 2.75) is 13.5 Å². The van der Waals surface area contributed by atoms with Gasteiger partial charge in [0.25, 0.3) is 0 Å². The van der Waals surface area contributed by atoms with Gasteiger partial charge in [-0.15, -0.1) is 0 Å². The SMILES string of the molecule is Cc1cncc(NCc2ccccc2N)c1. The molecule has 0 unspecified atom stereocenters. The van der Waals surface area contributed by atoms with Gasteiger partial charge in [-0.05, 0) is 30.2 Å². The fourth-order valence-corrected chi connectivity index (χ4v) is 1.54. The molecule has 0 aliphatic rings. The largest absolute Gasteiger partial charge is 0.398 e. The molecule has 0 radical (unpaired) electrons. The predicted octanol–water partition coefficient (Wildman–Crippen LogP) is 2.58. The molecule has 0 spiro atoms. The van der Waals surface area contributed by atoms with Gasteiger partial charge in [0, 0.05) is 24.6 Å². The molecular formula is C13H15N3. The van der Waals surface area contributed by atoms with Crippen LogP contribution in [0, 0.1) is 6.92 Å². The maximum atomic E-state index is 5.86. The first-order valence-corrected chi connectivity index (χ1v) is 5.24. The average Bonchev–Trinajstić information content (AvgIpc) is 2.28. The van der Waals surface area contributed by atoms with Crippen LogP contribution in [0.3, 0.4) is 0 Å². The second kappa shape index (κ2) is 4.66. The minimum absolute atomic E-state index is 0.720. The molecule has 1 aromatic carbocycles. The van der Waals surface area contributed by atoms with E-state index in [1.807, 2.05) is 43.6 Å². The minimum atomic E-state index is 0.720. The number of nitrogens with two attached hydrogens (primary N) is 1. The summed E-state index contributed by atoms with van der Waals surface area (Å²) < 4.78 is 0. The Hall–Kier alpha value is -2.03. The van der Waals surface area contributed by atoms with Crippen LogP contribution in [0.15, 0.2) is 42.7 Å². The van der Waals surface area contributed by atoms with Crippen LogP contribution >= 0.6 is 0 Å². The number of benzene rings is 1. The maximum absolute atomic E-state index is 5.86. The van der Waals surface area contributed by atoms with E-state index in [4.69, 9.17) is 5.73 Å². The molecule has 0 saturated heterocycles. The molecule has 0 atom stereocenters. The molecule has 0 bridgehead atoms. The van der Waals surface area contributed by atoms with Crippen molar-refractivity contribution in [2.24, 2.45) is 0 Å². The molecule has 0 aliphatic carbocycles. The van der Waals surface area contributed by atoms with Gasteiger partial charge in [-0.25, -0.2) is 0 Å². The van der Waals surface area contributed by atoms with Crippen LogP contribution in [0.4, 0.5) is 11.4 Å². The number of anilines is 2. The highest BCUT2D eigenvalue weighted by atomic mass is 14.9. The van der Waals surface area contributed by atoms with Gasteiger partial charge in [0.15, 0.2) is 0 Å². The molecule has 16 heavy (non-hydrogen) atoms. The highest BCUT2D eigenvalue weighted by Gasteiger charge is 1.98. The second-order valence-corrected chi connectivity index (χ2v) is 3.80. The summed E-state index contributed by atoms with van der Waals surface area (Å²) in [7, 11) is 0. The molecule has 0 amide bonds. The summed E-state index contributed by atoms with van der Waals surface area (Å²) >= 11 is 0. The van der Waals surface area contributed by atoms with Crippen LogP contribution in [-0.4, -0.2) is 4.98 Å². The van der Waals surface area contributed by atoms with Crippen molar-refractivity contribution < 1.29 is 0 Å². The monoisotopic (exact) mass is 213 g/mol. The van der Waals surface area contributed by atoms with E-state index in [1.165, 1.54) is 0 Å². The van der Waals surface area contributed by atoms with E-state index in [2.05, 4.69) is 16.4 Å². The Labute approximate surface area is 95.3 Å². The van der Waals surface area contributed by atoms with Gasteiger partial charge in [0.1, 0.15) is 0 Å². The predicted molar refractivity (Wildman–Crippen MR) is 67.2 cm³/mol. The van der Waals surface area contributed by atoms with Gasteiger partial charge >= 0.3 is 0 Å². The highest BCUT2D eigenvalue weighted by Crippen LogP contribution is 2.13. The maximum Gasteiger partial charge on any atom is 0.0532 e. The van der Waals surface area contributed by atoms with E-state index in [-0.39, 0.29) is 0 Å². The lowest BCUT2D eigenvalue weighted by Gasteiger charge is -2.08. The summed E-state index contributed by atoms with van der Waals surface area (Å²) in [6, 6.07) is 9.91.